The van der Waals surface area contributed by atoms with Gasteiger partial charge in [-0.1, -0.05) is 19.9 Å². The molecule has 1 heterocycles. The second kappa shape index (κ2) is 7.31. The molecule has 5 heteroatoms. The van der Waals surface area contributed by atoms with E-state index in [0.29, 0.717) is 36.1 Å². The highest BCUT2D eigenvalue weighted by molar-refractivity contribution is 5.88. The van der Waals surface area contributed by atoms with E-state index in [1.807, 2.05) is 13.8 Å². The number of aromatic hydroxyl groups is 1. The summed E-state index contributed by atoms with van der Waals surface area (Å²) < 4.78 is 11.0. The third kappa shape index (κ3) is 3.25. The number of aliphatic hydroxyl groups excluding tert-OH is 1. The largest absolute Gasteiger partial charge is 0.507 e. The van der Waals surface area contributed by atoms with E-state index >= 15 is 0 Å². The number of para-hydroxylation sites is 1. The van der Waals surface area contributed by atoms with Gasteiger partial charge in [0, 0.05) is 6.61 Å². The number of aliphatic hydroxyl groups is 1. The number of ether oxygens (including phenoxy) is 1. The third-order valence-corrected chi connectivity index (χ3v) is 3.82. The molecular weight excluding hydrogens is 284 g/mol. The zero-order valence-electron chi connectivity index (χ0n) is 13.0. The van der Waals surface area contributed by atoms with Crippen LogP contribution in [0.25, 0.3) is 11.0 Å². The monoisotopic (exact) mass is 306 g/mol. The molecule has 2 aromatic rings. The van der Waals surface area contributed by atoms with Crippen molar-refractivity contribution in [3.05, 3.63) is 34.2 Å². The van der Waals surface area contributed by atoms with Crippen molar-refractivity contribution in [1.29, 1.82) is 0 Å². The minimum absolute atomic E-state index is 0.0265. The van der Waals surface area contributed by atoms with Gasteiger partial charge in [-0.25, -0.2) is 4.79 Å². The van der Waals surface area contributed by atoms with Gasteiger partial charge in [0.2, 0.25) is 0 Å². The lowest BCUT2D eigenvalue weighted by molar-refractivity contribution is 0.253. The molecule has 2 rings (SSSR count). The molecule has 0 radical (unpaired) electrons. The quantitative estimate of drug-likeness (QED) is 0.606. The predicted molar refractivity (Wildman–Crippen MR) is 84.7 cm³/mol. The average Bonchev–Trinajstić information content (AvgIpc) is 2.51. The maximum Gasteiger partial charge on any atom is 0.343 e. The van der Waals surface area contributed by atoms with Gasteiger partial charge in [-0.2, -0.15) is 0 Å². The standard InChI is InChI=1S/C17H22O5/c1-3-11(2)14-15(19)12-7-6-8-13(16(12)22-17(14)20)21-10-5-4-9-18/h6-8,11,18-19H,3-5,9-10H2,1-2H3. The maximum atomic E-state index is 12.2. The Morgan fingerprint density at radius 1 is 1.32 bits per heavy atom. The number of fused-ring (bicyclic) bond motifs is 1. The summed E-state index contributed by atoms with van der Waals surface area (Å²) in [5.74, 6) is 0.328. The van der Waals surface area contributed by atoms with Crippen LogP contribution in [0.4, 0.5) is 0 Å². The van der Waals surface area contributed by atoms with E-state index in [0.717, 1.165) is 6.42 Å². The van der Waals surface area contributed by atoms with E-state index in [1.54, 1.807) is 18.2 Å². The molecule has 0 aliphatic carbocycles. The van der Waals surface area contributed by atoms with Gasteiger partial charge in [0.05, 0.1) is 17.6 Å². The lowest BCUT2D eigenvalue weighted by atomic mass is 9.98. The summed E-state index contributed by atoms with van der Waals surface area (Å²) >= 11 is 0. The van der Waals surface area contributed by atoms with Crippen molar-refractivity contribution in [2.24, 2.45) is 0 Å². The molecule has 0 saturated carbocycles. The Bertz CT molecular complexity index is 689. The molecule has 5 nitrogen and oxygen atoms in total. The molecule has 22 heavy (non-hydrogen) atoms. The van der Waals surface area contributed by atoms with Crippen LogP contribution in [0.1, 0.15) is 44.6 Å². The molecule has 1 atom stereocenters. The highest BCUT2D eigenvalue weighted by Gasteiger charge is 2.20. The van der Waals surface area contributed by atoms with Gasteiger partial charge >= 0.3 is 5.63 Å². The van der Waals surface area contributed by atoms with Crippen molar-refractivity contribution in [2.75, 3.05) is 13.2 Å². The first-order valence-electron chi connectivity index (χ1n) is 7.62. The average molecular weight is 306 g/mol. The number of rotatable bonds is 7. The van der Waals surface area contributed by atoms with Crippen LogP contribution in [0.5, 0.6) is 11.5 Å². The molecule has 1 aromatic carbocycles. The normalized spacial score (nSPS) is 12.5. The fourth-order valence-corrected chi connectivity index (χ4v) is 2.35. The number of hydrogen-bond acceptors (Lipinski definition) is 5. The number of unbranched alkanes of at least 4 members (excludes halogenated alkanes) is 1. The zero-order chi connectivity index (χ0) is 16.1. The fraction of sp³-hybridized carbons (Fsp3) is 0.471. The lowest BCUT2D eigenvalue weighted by Gasteiger charge is -2.13. The number of hydrogen-bond donors (Lipinski definition) is 2. The Hall–Kier alpha value is -2.01. The first-order chi connectivity index (χ1) is 10.6. The van der Waals surface area contributed by atoms with Crippen molar-refractivity contribution in [2.45, 2.75) is 39.0 Å². The SMILES string of the molecule is CCC(C)c1c(O)c2cccc(OCCCCO)c2oc1=O. The summed E-state index contributed by atoms with van der Waals surface area (Å²) in [6, 6.07) is 5.16. The predicted octanol–water partition coefficient (Wildman–Crippen LogP) is 3.16. The van der Waals surface area contributed by atoms with E-state index in [4.69, 9.17) is 14.3 Å². The summed E-state index contributed by atoms with van der Waals surface area (Å²) in [5, 5.41) is 19.7. The summed E-state index contributed by atoms with van der Waals surface area (Å²) in [6.07, 6.45) is 2.09. The molecule has 0 bridgehead atoms. The van der Waals surface area contributed by atoms with Gasteiger partial charge in [-0.05, 0) is 37.3 Å². The van der Waals surface area contributed by atoms with E-state index in [9.17, 15) is 9.90 Å². The highest BCUT2D eigenvalue weighted by atomic mass is 16.5. The van der Waals surface area contributed by atoms with Gasteiger partial charge in [-0.15, -0.1) is 0 Å². The Kier molecular flexibility index (Phi) is 5.44. The first-order valence-corrected chi connectivity index (χ1v) is 7.62. The third-order valence-electron chi connectivity index (χ3n) is 3.82. The molecular formula is C17H22O5. The van der Waals surface area contributed by atoms with E-state index in [1.165, 1.54) is 0 Å². The van der Waals surface area contributed by atoms with Gasteiger partial charge in [-0.3, -0.25) is 0 Å². The van der Waals surface area contributed by atoms with E-state index in [-0.39, 0.29) is 23.9 Å². The molecule has 0 aliphatic heterocycles. The minimum Gasteiger partial charge on any atom is -0.507 e. The molecule has 0 aliphatic rings. The summed E-state index contributed by atoms with van der Waals surface area (Å²) in [5.41, 5.74) is 0.0549. The van der Waals surface area contributed by atoms with Crippen LogP contribution in [0.3, 0.4) is 0 Å². The van der Waals surface area contributed by atoms with Crippen molar-refractivity contribution in [3.8, 4) is 11.5 Å². The molecule has 1 aromatic heterocycles. The fourth-order valence-electron chi connectivity index (χ4n) is 2.35. The van der Waals surface area contributed by atoms with Crippen LogP contribution in [0.15, 0.2) is 27.4 Å². The first kappa shape index (κ1) is 16.4. The van der Waals surface area contributed by atoms with Crippen molar-refractivity contribution in [3.63, 3.8) is 0 Å². The smallest absolute Gasteiger partial charge is 0.343 e. The van der Waals surface area contributed by atoms with Crippen LogP contribution in [0, 0.1) is 0 Å². The summed E-state index contributed by atoms with van der Waals surface area (Å²) in [7, 11) is 0. The van der Waals surface area contributed by atoms with Gasteiger partial charge in [0.15, 0.2) is 11.3 Å². The topological polar surface area (TPSA) is 79.9 Å². The minimum atomic E-state index is -0.522. The lowest BCUT2D eigenvalue weighted by Crippen LogP contribution is -2.11. The van der Waals surface area contributed by atoms with E-state index in [2.05, 4.69) is 0 Å². The molecule has 120 valence electrons. The zero-order valence-corrected chi connectivity index (χ0v) is 13.0. The Labute approximate surface area is 129 Å². The van der Waals surface area contributed by atoms with Crippen LogP contribution in [-0.2, 0) is 0 Å². The molecule has 2 N–H and O–H groups in total. The Morgan fingerprint density at radius 3 is 2.77 bits per heavy atom. The van der Waals surface area contributed by atoms with Crippen LogP contribution in [-0.4, -0.2) is 23.4 Å². The van der Waals surface area contributed by atoms with Gasteiger partial charge in [0.25, 0.3) is 0 Å². The number of benzene rings is 1. The van der Waals surface area contributed by atoms with Gasteiger partial charge < -0.3 is 19.4 Å². The molecule has 0 spiro atoms. The highest BCUT2D eigenvalue weighted by Crippen LogP contribution is 2.35. The van der Waals surface area contributed by atoms with Crippen molar-refractivity contribution < 1.29 is 19.4 Å². The summed E-state index contributed by atoms with van der Waals surface area (Å²) in [6.45, 7) is 4.37. The molecule has 0 saturated heterocycles. The molecule has 0 amide bonds. The van der Waals surface area contributed by atoms with Crippen LogP contribution >= 0.6 is 0 Å². The maximum absolute atomic E-state index is 12.2. The Balaban J connectivity index is 2.44. The summed E-state index contributed by atoms with van der Waals surface area (Å²) in [4.78, 5) is 12.2. The van der Waals surface area contributed by atoms with Crippen molar-refractivity contribution >= 4 is 11.0 Å². The second-order valence-corrected chi connectivity index (χ2v) is 5.37. The van der Waals surface area contributed by atoms with Crippen LogP contribution < -0.4 is 10.4 Å². The molecule has 0 fully saturated rings. The molecule has 1 unspecified atom stereocenters. The van der Waals surface area contributed by atoms with Crippen molar-refractivity contribution in [1.82, 2.24) is 0 Å². The van der Waals surface area contributed by atoms with Gasteiger partial charge in [0.1, 0.15) is 5.75 Å². The Morgan fingerprint density at radius 2 is 2.09 bits per heavy atom. The second-order valence-electron chi connectivity index (χ2n) is 5.37. The van der Waals surface area contributed by atoms with Crippen LogP contribution in [0.2, 0.25) is 0 Å². The van der Waals surface area contributed by atoms with E-state index < -0.39 is 5.63 Å².